The molecule has 1 atom stereocenters. The minimum absolute atomic E-state index is 0.278. The first-order valence-electron chi connectivity index (χ1n) is 6.43. The van der Waals surface area contributed by atoms with Gasteiger partial charge in [0.1, 0.15) is 0 Å². The molecule has 0 aliphatic carbocycles. The Balaban J connectivity index is -0.000000306. The van der Waals surface area contributed by atoms with E-state index in [0.717, 1.165) is 5.56 Å². The molecule has 1 unspecified atom stereocenters. The fraction of sp³-hybridized carbons (Fsp3) is 0.615. The molecule has 1 aromatic heterocycles. The number of pyridine rings is 1. The van der Waals surface area contributed by atoms with Crippen molar-refractivity contribution in [3.8, 4) is 0 Å². The van der Waals surface area contributed by atoms with Crippen molar-refractivity contribution >= 4 is 59.9 Å². The maximum absolute atomic E-state index is 9.61. The van der Waals surface area contributed by atoms with Gasteiger partial charge in [0.05, 0.1) is 6.10 Å². The van der Waals surface area contributed by atoms with Gasteiger partial charge in [0, 0.05) is 24.5 Å². The summed E-state index contributed by atoms with van der Waals surface area (Å²) in [6.07, 6.45) is 2.95. The number of aliphatic hydroxyl groups excluding tert-OH is 1. The van der Waals surface area contributed by atoms with Crippen LogP contribution in [0.15, 0.2) is 24.5 Å². The molecule has 0 aliphatic heterocycles. The molecule has 0 bridgehead atoms. The summed E-state index contributed by atoms with van der Waals surface area (Å²) < 4.78 is 0. The first-order valence-corrected chi connectivity index (χ1v) is 20.0. The van der Waals surface area contributed by atoms with E-state index in [1.807, 2.05) is 58.8 Å². The minimum atomic E-state index is -0.436. The molecule has 0 aliphatic rings. The second kappa shape index (κ2) is 20.8. The standard InChI is InChI=1S/C9H14N2O.2C2H6.3HI.V/c1-11(2)7-9(12)8-4-3-5-10-6-8;2*1-2;;;;/h3-6,9,12H,7H2,1-2H3;2*1-2H3;3*1H;/q;;;;;;+3/p-3. The summed E-state index contributed by atoms with van der Waals surface area (Å²) in [5, 5.41) is 9.61. The van der Waals surface area contributed by atoms with E-state index < -0.39 is 6.10 Å². The van der Waals surface area contributed by atoms with Gasteiger partial charge in [-0.2, -0.15) is 0 Å². The summed E-state index contributed by atoms with van der Waals surface area (Å²) >= 11 is 7.39. The Morgan fingerprint density at radius 2 is 1.65 bits per heavy atom. The number of likely N-dealkylation sites (N-methyl/N-ethyl adjacent to an activating group) is 1. The molecule has 120 valence electrons. The fourth-order valence-electron chi connectivity index (χ4n) is 1.02. The van der Waals surface area contributed by atoms with Gasteiger partial charge in [0.15, 0.2) is 0 Å². The number of halogens is 3. The number of hydrogen-bond donors (Lipinski definition) is 1. The zero-order chi connectivity index (χ0) is 16.6. The second-order valence-electron chi connectivity index (χ2n) is 3.26. The van der Waals surface area contributed by atoms with Crippen LogP contribution >= 0.6 is 59.9 Å². The first-order chi connectivity index (χ1) is 9.43. The van der Waals surface area contributed by atoms with E-state index in [1.54, 1.807) is 12.4 Å². The van der Waals surface area contributed by atoms with E-state index in [9.17, 15) is 5.11 Å². The molecule has 1 N–H and O–H groups in total. The Labute approximate surface area is 162 Å². The van der Waals surface area contributed by atoms with Gasteiger partial charge in [-0.25, -0.2) is 0 Å². The van der Waals surface area contributed by atoms with E-state index in [-0.39, 0.29) is 4.92 Å². The van der Waals surface area contributed by atoms with Crippen molar-refractivity contribution in [3.63, 3.8) is 0 Å². The molecule has 1 heterocycles. The third-order valence-electron chi connectivity index (χ3n) is 1.61. The van der Waals surface area contributed by atoms with Crippen LogP contribution in [0.25, 0.3) is 0 Å². The third kappa shape index (κ3) is 22.1. The van der Waals surface area contributed by atoms with Crippen LogP contribution in [-0.2, 0) is 4.92 Å². The predicted molar refractivity (Wildman–Crippen MR) is 113 cm³/mol. The molecule has 3 nitrogen and oxygen atoms in total. The summed E-state index contributed by atoms with van der Waals surface area (Å²) in [5.41, 5.74) is 0.867. The molecule has 0 spiro atoms. The Morgan fingerprint density at radius 1 is 1.20 bits per heavy atom. The van der Waals surface area contributed by atoms with Gasteiger partial charge in [-0.3, -0.25) is 4.98 Å². The van der Waals surface area contributed by atoms with Crippen molar-refractivity contribution < 1.29 is 10.0 Å². The van der Waals surface area contributed by atoms with Crippen molar-refractivity contribution in [2.45, 2.75) is 33.8 Å². The molecule has 0 fully saturated rings. The normalized spacial score (nSPS) is 10.4. The van der Waals surface area contributed by atoms with Crippen molar-refractivity contribution in [3.05, 3.63) is 30.1 Å². The Bertz CT molecular complexity index is 275. The van der Waals surface area contributed by atoms with Gasteiger partial charge in [0.25, 0.3) is 0 Å². The van der Waals surface area contributed by atoms with Crippen molar-refractivity contribution in [1.29, 1.82) is 0 Å². The average Bonchev–Trinajstić information content (AvgIpc) is 2.43. The number of hydrogen-bond acceptors (Lipinski definition) is 3. The van der Waals surface area contributed by atoms with Crippen LogP contribution < -0.4 is 0 Å². The average molecular weight is 658 g/mol. The number of aliphatic hydroxyl groups is 1. The SMILES string of the molecule is CC.CC.CN(C)CC(O)c1cccnc1.[I][V]([I])[I]. The van der Waals surface area contributed by atoms with Gasteiger partial charge in [-0.1, -0.05) is 33.8 Å². The van der Waals surface area contributed by atoms with Crippen LogP contribution in [0.1, 0.15) is 39.4 Å². The molecule has 0 saturated carbocycles. The molecule has 1 rings (SSSR count). The summed E-state index contributed by atoms with van der Waals surface area (Å²) in [6, 6.07) is 3.70. The number of nitrogens with zero attached hydrogens (tertiary/aromatic N) is 2. The third-order valence-corrected chi connectivity index (χ3v) is 1.61. The topological polar surface area (TPSA) is 36.4 Å². The van der Waals surface area contributed by atoms with Crippen LogP contribution in [0.4, 0.5) is 0 Å². The van der Waals surface area contributed by atoms with Crippen LogP contribution in [0.2, 0.25) is 0 Å². The molecule has 0 radical (unpaired) electrons. The number of aromatic nitrogens is 1. The summed E-state index contributed by atoms with van der Waals surface area (Å²) in [4.78, 5) is 5.60. The van der Waals surface area contributed by atoms with E-state index in [1.165, 1.54) is 0 Å². The van der Waals surface area contributed by atoms with E-state index in [0.29, 0.717) is 6.54 Å². The van der Waals surface area contributed by atoms with Crippen LogP contribution in [-0.4, -0.2) is 35.6 Å². The van der Waals surface area contributed by atoms with Gasteiger partial charge in [0.2, 0.25) is 0 Å². The molecule has 7 heteroatoms. The van der Waals surface area contributed by atoms with Gasteiger partial charge in [-0.15, -0.1) is 0 Å². The Kier molecular flexibility index (Phi) is 27.9. The molecule has 1 aromatic rings. The molecular formula is C13H26I3N2OV. The molecule has 20 heavy (non-hydrogen) atoms. The zero-order valence-corrected chi connectivity index (χ0v) is 20.9. The van der Waals surface area contributed by atoms with E-state index >= 15 is 0 Å². The molecular weight excluding hydrogens is 632 g/mol. The van der Waals surface area contributed by atoms with Crippen molar-refractivity contribution in [2.75, 3.05) is 20.6 Å². The van der Waals surface area contributed by atoms with Gasteiger partial charge >= 0.3 is 64.9 Å². The van der Waals surface area contributed by atoms with Crippen molar-refractivity contribution in [1.82, 2.24) is 9.88 Å². The first kappa shape index (κ1) is 26.7. The molecule has 0 aromatic carbocycles. The monoisotopic (exact) mass is 658 g/mol. The Morgan fingerprint density at radius 3 is 1.95 bits per heavy atom. The maximum atomic E-state index is 9.61. The fourth-order valence-corrected chi connectivity index (χ4v) is 1.02. The van der Waals surface area contributed by atoms with Crippen molar-refractivity contribution in [2.24, 2.45) is 0 Å². The molecule has 0 amide bonds. The van der Waals surface area contributed by atoms with Crippen LogP contribution in [0, 0.1) is 0 Å². The van der Waals surface area contributed by atoms with E-state index in [2.05, 4.69) is 64.9 Å². The van der Waals surface area contributed by atoms with Crippen LogP contribution in [0.5, 0.6) is 0 Å². The van der Waals surface area contributed by atoms with E-state index in [4.69, 9.17) is 0 Å². The zero-order valence-electron chi connectivity index (χ0n) is 13.0. The van der Waals surface area contributed by atoms with Gasteiger partial charge in [-0.05, 0) is 20.2 Å². The number of rotatable bonds is 3. The summed E-state index contributed by atoms with van der Waals surface area (Å²) in [6.45, 7) is 8.63. The second-order valence-corrected chi connectivity index (χ2v) is 38.6. The quantitative estimate of drug-likeness (QED) is 0.444. The molecule has 0 saturated heterocycles. The predicted octanol–water partition coefficient (Wildman–Crippen LogP) is 5.38. The summed E-state index contributed by atoms with van der Waals surface area (Å²) in [7, 11) is 3.86. The van der Waals surface area contributed by atoms with Crippen LogP contribution in [0.3, 0.4) is 0 Å². The Hall–Kier alpha value is 1.84. The van der Waals surface area contributed by atoms with Gasteiger partial charge < -0.3 is 10.0 Å². The summed E-state index contributed by atoms with van der Waals surface area (Å²) in [5.74, 6) is 0.